The van der Waals surface area contributed by atoms with Crippen molar-refractivity contribution in [2.75, 3.05) is 6.61 Å². The highest BCUT2D eigenvalue weighted by Crippen LogP contribution is 2.16. The van der Waals surface area contributed by atoms with Gasteiger partial charge in [0, 0.05) is 21.7 Å². The first-order chi connectivity index (χ1) is 9.06. The highest BCUT2D eigenvalue weighted by atomic mass is 79.9. The van der Waals surface area contributed by atoms with E-state index in [0.29, 0.717) is 14.9 Å². The van der Waals surface area contributed by atoms with Gasteiger partial charge in [0.25, 0.3) is 0 Å². The average Bonchev–Trinajstić information content (AvgIpc) is 2.82. The highest BCUT2D eigenvalue weighted by Gasteiger charge is 2.13. The average molecular weight is 340 g/mol. The molecule has 2 aromatic heterocycles. The number of hydrogen-bond acceptors (Lipinski definition) is 5. The predicted octanol–water partition coefficient (Wildman–Crippen LogP) is 3.25. The number of hydrogen-bond donors (Lipinski definition) is 0. The SMILES string of the molecule is Cc1ccc(C(=O)COC(=O)c2cncc(Br)c2)s1. The summed E-state index contributed by atoms with van der Waals surface area (Å²) in [4.78, 5) is 29.0. The molecular formula is C13H10BrNO3S. The Morgan fingerprint density at radius 2 is 2.16 bits per heavy atom. The van der Waals surface area contributed by atoms with Gasteiger partial charge in [0.2, 0.25) is 5.78 Å². The molecule has 0 radical (unpaired) electrons. The van der Waals surface area contributed by atoms with E-state index in [9.17, 15) is 9.59 Å². The molecule has 0 N–H and O–H groups in total. The number of pyridine rings is 1. The maximum Gasteiger partial charge on any atom is 0.340 e. The summed E-state index contributed by atoms with van der Waals surface area (Å²) in [7, 11) is 0. The van der Waals surface area contributed by atoms with E-state index < -0.39 is 5.97 Å². The molecule has 0 atom stereocenters. The van der Waals surface area contributed by atoms with Gasteiger partial charge in [-0.2, -0.15) is 0 Å². The molecule has 4 nitrogen and oxygen atoms in total. The number of aromatic nitrogens is 1. The van der Waals surface area contributed by atoms with Crippen molar-refractivity contribution in [2.24, 2.45) is 0 Å². The second-order valence-corrected chi connectivity index (χ2v) is 6.01. The summed E-state index contributed by atoms with van der Waals surface area (Å²) in [6, 6.07) is 5.18. The monoisotopic (exact) mass is 339 g/mol. The Balaban J connectivity index is 1.95. The Morgan fingerprint density at radius 3 is 2.79 bits per heavy atom. The van der Waals surface area contributed by atoms with Crippen molar-refractivity contribution in [2.45, 2.75) is 6.92 Å². The van der Waals surface area contributed by atoms with Crippen molar-refractivity contribution in [3.63, 3.8) is 0 Å². The molecule has 0 amide bonds. The number of Topliss-reactive ketones (excluding diaryl/α,β-unsaturated/α-hetero) is 1. The molecule has 0 unspecified atom stereocenters. The van der Waals surface area contributed by atoms with Crippen LogP contribution in [0.4, 0.5) is 0 Å². The van der Waals surface area contributed by atoms with Crippen LogP contribution in [0.1, 0.15) is 24.9 Å². The van der Waals surface area contributed by atoms with Crippen molar-refractivity contribution in [3.05, 3.63) is 50.4 Å². The third-order valence-electron chi connectivity index (χ3n) is 2.29. The number of thiophene rings is 1. The lowest BCUT2D eigenvalue weighted by Crippen LogP contribution is -2.13. The van der Waals surface area contributed by atoms with Crippen molar-refractivity contribution in [3.8, 4) is 0 Å². The Bertz CT molecular complexity index is 624. The van der Waals surface area contributed by atoms with Crippen LogP contribution < -0.4 is 0 Å². The van der Waals surface area contributed by atoms with Crippen molar-refractivity contribution in [1.82, 2.24) is 4.98 Å². The zero-order chi connectivity index (χ0) is 13.8. The number of carbonyl (C=O) groups excluding carboxylic acids is 2. The zero-order valence-electron chi connectivity index (χ0n) is 10.1. The van der Waals surface area contributed by atoms with E-state index in [0.717, 1.165) is 4.88 Å². The van der Waals surface area contributed by atoms with Crippen LogP contribution in [0.15, 0.2) is 35.1 Å². The van der Waals surface area contributed by atoms with Gasteiger partial charge >= 0.3 is 5.97 Å². The summed E-state index contributed by atoms with van der Waals surface area (Å²) in [5.41, 5.74) is 0.310. The minimum Gasteiger partial charge on any atom is -0.454 e. The van der Waals surface area contributed by atoms with Gasteiger partial charge in [-0.1, -0.05) is 0 Å². The fraction of sp³-hybridized carbons (Fsp3) is 0.154. The lowest BCUT2D eigenvalue weighted by atomic mass is 10.3. The molecule has 2 rings (SSSR count). The lowest BCUT2D eigenvalue weighted by Gasteiger charge is -2.03. The van der Waals surface area contributed by atoms with Crippen molar-refractivity contribution < 1.29 is 14.3 Å². The second kappa shape index (κ2) is 6.08. The number of esters is 1. The standard InChI is InChI=1S/C13H10BrNO3S/c1-8-2-3-12(19-8)11(16)7-18-13(17)9-4-10(14)6-15-5-9/h2-6H,7H2,1H3. The third kappa shape index (κ3) is 3.71. The molecule has 0 spiro atoms. The van der Waals surface area contributed by atoms with Crippen LogP contribution in [0.5, 0.6) is 0 Å². The minimum absolute atomic E-state index is 0.200. The van der Waals surface area contributed by atoms with Crippen LogP contribution in [-0.2, 0) is 4.74 Å². The first-order valence-electron chi connectivity index (χ1n) is 5.43. The normalized spacial score (nSPS) is 10.2. The Hall–Kier alpha value is -1.53. The maximum absolute atomic E-state index is 11.8. The number of carbonyl (C=O) groups is 2. The van der Waals surface area contributed by atoms with E-state index in [2.05, 4.69) is 20.9 Å². The molecule has 0 aliphatic heterocycles. The summed E-state index contributed by atoms with van der Waals surface area (Å²) < 4.78 is 5.65. The number of ketones is 1. The van der Waals surface area contributed by atoms with Crippen molar-refractivity contribution in [1.29, 1.82) is 0 Å². The number of rotatable bonds is 4. The van der Waals surface area contributed by atoms with Crippen LogP contribution >= 0.6 is 27.3 Å². The fourth-order valence-electron chi connectivity index (χ4n) is 1.39. The van der Waals surface area contributed by atoms with Gasteiger partial charge in [0.1, 0.15) is 0 Å². The predicted molar refractivity (Wildman–Crippen MR) is 75.6 cm³/mol. The van der Waals surface area contributed by atoms with Crippen LogP contribution in [0.2, 0.25) is 0 Å². The molecule has 0 saturated carbocycles. The van der Waals surface area contributed by atoms with Gasteiger partial charge in [-0.3, -0.25) is 9.78 Å². The van der Waals surface area contributed by atoms with E-state index in [-0.39, 0.29) is 12.4 Å². The van der Waals surface area contributed by atoms with E-state index in [4.69, 9.17) is 4.74 Å². The van der Waals surface area contributed by atoms with Gasteiger partial charge in [-0.05, 0) is 41.1 Å². The van der Waals surface area contributed by atoms with Gasteiger partial charge in [0.05, 0.1) is 10.4 Å². The topological polar surface area (TPSA) is 56.3 Å². The molecule has 0 bridgehead atoms. The Morgan fingerprint density at radius 1 is 1.37 bits per heavy atom. The third-order valence-corrected chi connectivity index (χ3v) is 3.77. The van der Waals surface area contributed by atoms with E-state index in [1.165, 1.54) is 17.5 Å². The molecule has 0 aliphatic carbocycles. The van der Waals surface area contributed by atoms with E-state index in [1.54, 1.807) is 18.3 Å². The number of nitrogens with zero attached hydrogens (tertiary/aromatic N) is 1. The summed E-state index contributed by atoms with van der Waals surface area (Å²) in [6.45, 7) is 1.66. The molecule has 0 fully saturated rings. The van der Waals surface area contributed by atoms with Crippen LogP contribution in [-0.4, -0.2) is 23.3 Å². The van der Waals surface area contributed by atoms with Crippen LogP contribution in [0.25, 0.3) is 0 Å². The molecular weight excluding hydrogens is 330 g/mol. The Kier molecular flexibility index (Phi) is 4.44. The van der Waals surface area contributed by atoms with E-state index >= 15 is 0 Å². The zero-order valence-corrected chi connectivity index (χ0v) is 12.5. The molecule has 0 saturated heterocycles. The number of halogens is 1. The smallest absolute Gasteiger partial charge is 0.340 e. The van der Waals surface area contributed by atoms with Gasteiger partial charge in [-0.25, -0.2) is 4.79 Å². The summed E-state index contributed by atoms with van der Waals surface area (Å²) in [5.74, 6) is -0.759. The number of aryl methyl sites for hydroxylation is 1. The first kappa shape index (κ1) is 13.9. The molecule has 6 heteroatoms. The lowest BCUT2D eigenvalue weighted by molar-refractivity contribution is 0.0475. The minimum atomic E-state index is -0.560. The second-order valence-electron chi connectivity index (χ2n) is 3.80. The van der Waals surface area contributed by atoms with Gasteiger partial charge in [-0.15, -0.1) is 11.3 Å². The van der Waals surface area contributed by atoms with Crippen LogP contribution in [0, 0.1) is 6.92 Å². The fourth-order valence-corrected chi connectivity index (χ4v) is 2.55. The van der Waals surface area contributed by atoms with Crippen LogP contribution in [0.3, 0.4) is 0 Å². The molecule has 2 heterocycles. The molecule has 2 aromatic rings. The van der Waals surface area contributed by atoms with Gasteiger partial charge < -0.3 is 4.74 Å². The molecule has 0 aliphatic rings. The first-order valence-corrected chi connectivity index (χ1v) is 7.04. The summed E-state index contributed by atoms with van der Waals surface area (Å²) in [5, 5.41) is 0. The highest BCUT2D eigenvalue weighted by molar-refractivity contribution is 9.10. The van der Waals surface area contributed by atoms with E-state index in [1.807, 2.05) is 13.0 Å². The number of ether oxygens (including phenoxy) is 1. The summed E-state index contributed by atoms with van der Waals surface area (Å²) >= 11 is 4.60. The largest absolute Gasteiger partial charge is 0.454 e. The van der Waals surface area contributed by atoms with Gasteiger partial charge in [0.15, 0.2) is 6.61 Å². The maximum atomic E-state index is 11.8. The molecule has 19 heavy (non-hydrogen) atoms. The quantitative estimate of drug-likeness (QED) is 0.633. The Labute approximate surface area is 122 Å². The molecule has 98 valence electrons. The van der Waals surface area contributed by atoms with Crippen molar-refractivity contribution >= 4 is 39.0 Å². The molecule has 0 aromatic carbocycles. The summed E-state index contributed by atoms with van der Waals surface area (Å²) in [6.07, 6.45) is 2.96.